The summed E-state index contributed by atoms with van der Waals surface area (Å²) >= 11 is 0. The SMILES string of the molecule is CCC.CCCCCCCCC(CCCCCCCC)OC(=O)CCCCOC(CC)C(CC)OCCC(C)=O.CCCCCCCCCCCC. The largest absolute Gasteiger partial charge is 0.462 e. The molecule has 314 valence electrons. The van der Waals surface area contributed by atoms with Crippen LogP contribution in [-0.4, -0.2) is 43.3 Å². The zero-order chi connectivity index (χ0) is 39.3. The van der Waals surface area contributed by atoms with Gasteiger partial charge in [-0.2, -0.15) is 0 Å². The minimum absolute atomic E-state index is 0.0130. The molecule has 5 heteroatoms. The fourth-order valence-electron chi connectivity index (χ4n) is 6.31. The zero-order valence-electron chi connectivity index (χ0n) is 37.1. The highest BCUT2D eigenvalue weighted by molar-refractivity contribution is 5.75. The number of ketones is 1. The van der Waals surface area contributed by atoms with Crippen molar-refractivity contribution in [2.45, 2.75) is 280 Å². The quantitative estimate of drug-likeness (QED) is 0.0469. The maximum absolute atomic E-state index is 12.6. The summed E-state index contributed by atoms with van der Waals surface area (Å²) in [6.45, 7) is 20.2. The van der Waals surface area contributed by atoms with E-state index in [1.807, 2.05) is 0 Å². The van der Waals surface area contributed by atoms with Crippen LogP contribution in [0.1, 0.15) is 261 Å². The molecule has 0 aromatic rings. The lowest BCUT2D eigenvalue weighted by Crippen LogP contribution is -2.31. The van der Waals surface area contributed by atoms with Crippen LogP contribution in [0.2, 0.25) is 0 Å². The van der Waals surface area contributed by atoms with E-state index in [4.69, 9.17) is 14.2 Å². The molecule has 0 fully saturated rings. The molecule has 2 unspecified atom stereocenters. The molecule has 0 saturated carbocycles. The molecule has 0 aliphatic heterocycles. The van der Waals surface area contributed by atoms with Gasteiger partial charge < -0.3 is 14.2 Å². The summed E-state index contributed by atoms with van der Waals surface area (Å²) in [7, 11) is 0. The third-order valence-electron chi connectivity index (χ3n) is 9.63. The van der Waals surface area contributed by atoms with Gasteiger partial charge in [-0.3, -0.25) is 9.59 Å². The Morgan fingerprint density at radius 3 is 1.12 bits per heavy atom. The number of ether oxygens (including phenoxy) is 3. The minimum Gasteiger partial charge on any atom is -0.462 e. The van der Waals surface area contributed by atoms with Crippen LogP contribution in [0.3, 0.4) is 0 Å². The number of hydrogen-bond acceptors (Lipinski definition) is 5. The summed E-state index contributed by atoms with van der Waals surface area (Å²) in [5.74, 6) is 0.102. The number of carbonyl (C=O) groups excluding carboxylic acids is 2. The molecule has 0 aromatic carbocycles. The van der Waals surface area contributed by atoms with Crippen LogP contribution in [-0.2, 0) is 23.8 Å². The Balaban J connectivity index is -0.00000133. The summed E-state index contributed by atoms with van der Waals surface area (Å²) in [5, 5.41) is 0. The Kier molecular flexibility index (Phi) is 51.2. The maximum Gasteiger partial charge on any atom is 0.306 e. The molecule has 5 nitrogen and oxygen atoms in total. The predicted molar refractivity (Wildman–Crippen MR) is 229 cm³/mol. The van der Waals surface area contributed by atoms with Crippen molar-refractivity contribution in [3.05, 3.63) is 0 Å². The lowest BCUT2D eigenvalue weighted by Gasteiger charge is -2.25. The Hall–Kier alpha value is -0.940. The lowest BCUT2D eigenvalue weighted by atomic mass is 10.0. The smallest absolute Gasteiger partial charge is 0.306 e. The summed E-state index contributed by atoms with van der Waals surface area (Å²) in [5.41, 5.74) is 0. The molecule has 0 aliphatic rings. The number of Topliss-reactive ketones (excluding diaryl/α,β-unsaturated/α-hetero) is 1. The van der Waals surface area contributed by atoms with Crippen molar-refractivity contribution in [3.8, 4) is 0 Å². The maximum atomic E-state index is 12.6. The highest BCUT2D eigenvalue weighted by atomic mass is 16.5. The molecule has 52 heavy (non-hydrogen) atoms. The lowest BCUT2D eigenvalue weighted by molar-refractivity contribution is -0.150. The van der Waals surface area contributed by atoms with Gasteiger partial charge in [0, 0.05) is 19.4 Å². The monoisotopic (exact) mass is 741 g/mol. The molecule has 0 aromatic heterocycles. The molecular formula is C47H96O5. The molecule has 0 radical (unpaired) electrons. The first-order valence-electron chi connectivity index (χ1n) is 23.2. The van der Waals surface area contributed by atoms with E-state index in [2.05, 4.69) is 55.4 Å². The predicted octanol–water partition coefficient (Wildman–Crippen LogP) is 15.5. The van der Waals surface area contributed by atoms with Gasteiger partial charge in [-0.05, 0) is 58.3 Å². The Morgan fingerprint density at radius 1 is 0.423 bits per heavy atom. The van der Waals surface area contributed by atoms with Gasteiger partial charge in [0.15, 0.2) is 0 Å². The fourth-order valence-corrected chi connectivity index (χ4v) is 6.31. The number of rotatable bonds is 37. The minimum atomic E-state index is -0.0481. The Bertz CT molecular complexity index is 655. The van der Waals surface area contributed by atoms with Crippen molar-refractivity contribution >= 4 is 11.8 Å². The summed E-state index contributed by atoms with van der Waals surface area (Å²) < 4.78 is 17.9. The van der Waals surface area contributed by atoms with Gasteiger partial charge in [-0.25, -0.2) is 0 Å². The van der Waals surface area contributed by atoms with E-state index in [9.17, 15) is 9.59 Å². The van der Waals surface area contributed by atoms with E-state index in [1.54, 1.807) is 6.92 Å². The van der Waals surface area contributed by atoms with E-state index < -0.39 is 0 Å². The van der Waals surface area contributed by atoms with Gasteiger partial charge in [0.25, 0.3) is 0 Å². The first kappa shape index (κ1) is 55.4. The molecule has 0 bridgehead atoms. The van der Waals surface area contributed by atoms with Crippen molar-refractivity contribution < 1.29 is 23.8 Å². The van der Waals surface area contributed by atoms with Crippen LogP contribution in [0.25, 0.3) is 0 Å². The van der Waals surface area contributed by atoms with Gasteiger partial charge in [0.05, 0.1) is 18.8 Å². The van der Waals surface area contributed by atoms with Crippen molar-refractivity contribution in [1.29, 1.82) is 0 Å². The van der Waals surface area contributed by atoms with Crippen LogP contribution in [0.15, 0.2) is 0 Å². The van der Waals surface area contributed by atoms with Gasteiger partial charge >= 0.3 is 5.97 Å². The Labute approximate surface area is 327 Å². The molecule has 0 rings (SSSR count). The van der Waals surface area contributed by atoms with E-state index in [1.165, 1.54) is 135 Å². The zero-order valence-corrected chi connectivity index (χ0v) is 37.1. The molecule has 0 amide bonds. The van der Waals surface area contributed by atoms with Crippen LogP contribution in [0, 0.1) is 0 Å². The second-order valence-corrected chi connectivity index (χ2v) is 15.3. The van der Waals surface area contributed by atoms with E-state index in [-0.39, 0.29) is 30.1 Å². The number of esters is 1. The van der Waals surface area contributed by atoms with E-state index >= 15 is 0 Å². The van der Waals surface area contributed by atoms with Crippen molar-refractivity contribution in [1.82, 2.24) is 0 Å². The summed E-state index contributed by atoms with van der Waals surface area (Å²) in [6.07, 6.45) is 37.4. The number of hydrogen-bond donors (Lipinski definition) is 0. The molecule has 0 aliphatic carbocycles. The second kappa shape index (κ2) is 48.1. The van der Waals surface area contributed by atoms with Gasteiger partial charge in [0.1, 0.15) is 11.9 Å². The van der Waals surface area contributed by atoms with Crippen LogP contribution < -0.4 is 0 Å². The van der Waals surface area contributed by atoms with Gasteiger partial charge in [0.2, 0.25) is 0 Å². The molecular weight excluding hydrogens is 645 g/mol. The van der Waals surface area contributed by atoms with E-state index in [0.717, 1.165) is 51.4 Å². The van der Waals surface area contributed by atoms with Gasteiger partial charge in [-0.1, -0.05) is 190 Å². The summed E-state index contributed by atoms with van der Waals surface area (Å²) in [6, 6.07) is 0. The van der Waals surface area contributed by atoms with Crippen LogP contribution >= 0.6 is 0 Å². The van der Waals surface area contributed by atoms with Crippen molar-refractivity contribution in [3.63, 3.8) is 0 Å². The third kappa shape index (κ3) is 45.2. The highest BCUT2D eigenvalue weighted by Crippen LogP contribution is 2.19. The van der Waals surface area contributed by atoms with Gasteiger partial charge in [-0.15, -0.1) is 0 Å². The van der Waals surface area contributed by atoms with Crippen LogP contribution in [0.4, 0.5) is 0 Å². The highest BCUT2D eigenvalue weighted by Gasteiger charge is 2.20. The number of carbonyl (C=O) groups is 2. The summed E-state index contributed by atoms with van der Waals surface area (Å²) in [4.78, 5) is 23.7. The topological polar surface area (TPSA) is 61.8 Å². The van der Waals surface area contributed by atoms with Crippen LogP contribution in [0.5, 0.6) is 0 Å². The normalized spacial score (nSPS) is 12.1. The fraction of sp³-hybridized carbons (Fsp3) is 0.957. The molecule has 0 N–H and O–H groups in total. The first-order valence-corrected chi connectivity index (χ1v) is 23.2. The Morgan fingerprint density at radius 2 is 0.769 bits per heavy atom. The standard InChI is InChI=1S/C32H62O5.C12H26.C3H8/c1-6-10-12-14-16-18-22-29(23-19-17-15-13-11-7-2)37-32(34)24-20-21-26-35-30(8-3)31(9-4)36-27-25-28(5)33;1-3-5-7-9-11-12-10-8-6-4-2;1-3-2/h29-31H,6-27H2,1-5H3;3-12H2,1-2H3;3H2,1-2H3. The van der Waals surface area contributed by atoms with Crippen molar-refractivity contribution in [2.24, 2.45) is 0 Å². The van der Waals surface area contributed by atoms with E-state index in [0.29, 0.717) is 26.1 Å². The number of unbranched alkanes of at least 4 members (excludes halogenated alkanes) is 20. The van der Waals surface area contributed by atoms with Crippen molar-refractivity contribution in [2.75, 3.05) is 13.2 Å². The average Bonchev–Trinajstić information content (AvgIpc) is 3.13. The second-order valence-electron chi connectivity index (χ2n) is 15.3. The molecule has 0 heterocycles. The average molecular weight is 741 g/mol. The molecule has 0 saturated heterocycles. The molecule has 0 spiro atoms. The first-order chi connectivity index (χ1) is 25.3. The third-order valence-corrected chi connectivity index (χ3v) is 9.63. The molecule has 2 atom stereocenters.